The van der Waals surface area contributed by atoms with Crippen molar-refractivity contribution < 1.29 is 21.5 Å². The highest BCUT2D eigenvalue weighted by molar-refractivity contribution is 4.50. The average molecular weight is 378 g/mol. The molecule has 0 aliphatic carbocycles. The van der Waals surface area contributed by atoms with E-state index in [1.54, 1.807) is 0 Å². The second-order valence-electron chi connectivity index (χ2n) is 7.06. The lowest BCUT2D eigenvalue weighted by Crippen LogP contribution is -3.00. The molecule has 0 saturated carbocycles. The quantitative estimate of drug-likeness (QED) is 0.285. The Morgan fingerprint density at radius 1 is 0.409 bits per heavy atom. The number of nitrogens with zero attached hydrogens (tertiary/aromatic N) is 1. The minimum atomic E-state index is 0. The molecule has 0 aromatic carbocycles. The lowest BCUT2D eigenvalue weighted by atomic mass is 10.1. The van der Waals surface area contributed by atoms with Gasteiger partial charge in [-0.15, -0.1) is 0 Å². The summed E-state index contributed by atoms with van der Waals surface area (Å²) < 4.78 is 1.42. The van der Waals surface area contributed by atoms with E-state index in [0.717, 1.165) is 0 Å². The lowest BCUT2D eigenvalue weighted by molar-refractivity contribution is -0.928. The fourth-order valence-corrected chi connectivity index (χ4v) is 3.72. The summed E-state index contributed by atoms with van der Waals surface area (Å²) in [6.07, 6.45) is 17.0. The van der Waals surface area contributed by atoms with Crippen molar-refractivity contribution in [1.29, 1.82) is 0 Å². The predicted molar refractivity (Wildman–Crippen MR) is 97.8 cm³/mol. The standard InChI is InChI=1S/C20H44N.BrH/c1-5-9-11-13-15-19-21(17-7-3,18-8-4)20-16-14-12-10-6-2;/h5-20H2,1-4H3;1H/q+1;/p-1. The van der Waals surface area contributed by atoms with E-state index in [1.165, 1.54) is 108 Å². The van der Waals surface area contributed by atoms with E-state index in [4.69, 9.17) is 0 Å². The van der Waals surface area contributed by atoms with Crippen LogP contribution < -0.4 is 17.0 Å². The number of hydrogen-bond donors (Lipinski definition) is 0. The van der Waals surface area contributed by atoms with Crippen molar-refractivity contribution in [2.24, 2.45) is 0 Å². The van der Waals surface area contributed by atoms with Crippen LogP contribution in [0, 0.1) is 0 Å². The molecule has 0 aliphatic heterocycles. The minimum Gasteiger partial charge on any atom is -1.00 e. The summed E-state index contributed by atoms with van der Waals surface area (Å²) in [4.78, 5) is 0. The Labute approximate surface area is 152 Å². The zero-order valence-electron chi connectivity index (χ0n) is 16.1. The van der Waals surface area contributed by atoms with Crippen molar-refractivity contribution in [3.8, 4) is 0 Å². The monoisotopic (exact) mass is 377 g/mol. The minimum absolute atomic E-state index is 0. The molecule has 0 saturated heterocycles. The van der Waals surface area contributed by atoms with Gasteiger partial charge in [0.1, 0.15) is 0 Å². The maximum atomic E-state index is 2.37. The Balaban J connectivity index is 0. The van der Waals surface area contributed by atoms with E-state index in [0.29, 0.717) is 0 Å². The van der Waals surface area contributed by atoms with Gasteiger partial charge >= 0.3 is 0 Å². The lowest BCUT2D eigenvalue weighted by Gasteiger charge is -2.39. The molecule has 0 rings (SSSR count). The Hall–Kier alpha value is 0.440. The summed E-state index contributed by atoms with van der Waals surface area (Å²) in [7, 11) is 0. The number of unbranched alkanes of at least 4 members (excludes halogenated alkanes) is 8. The highest BCUT2D eigenvalue weighted by Gasteiger charge is 2.24. The second kappa shape index (κ2) is 17.8. The van der Waals surface area contributed by atoms with Gasteiger partial charge in [0.15, 0.2) is 0 Å². The van der Waals surface area contributed by atoms with Crippen molar-refractivity contribution >= 4 is 0 Å². The highest BCUT2D eigenvalue weighted by Crippen LogP contribution is 2.17. The summed E-state index contributed by atoms with van der Waals surface area (Å²) in [5.41, 5.74) is 0. The normalized spacial score (nSPS) is 11.5. The molecule has 0 aromatic heterocycles. The largest absolute Gasteiger partial charge is 1.00 e. The second-order valence-corrected chi connectivity index (χ2v) is 7.06. The van der Waals surface area contributed by atoms with Crippen LogP contribution >= 0.6 is 0 Å². The molecule has 136 valence electrons. The van der Waals surface area contributed by atoms with Gasteiger partial charge in [0.05, 0.1) is 26.2 Å². The summed E-state index contributed by atoms with van der Waals surface area (Å²) in [5, 5.41) is 0. The van der Waals surface area contributed by atoms with E-state index >= 15 is 0 Å². The van der Waals surface area contributed by atoms with Gasteiger partial charge in [0.25, 0.3) is 0 Å². The number of quaternary nitrogens is 1. The van der Waals surface area contributed by atoms with E-state index in [-0.39, 0.29) is 17.0 Å². The Bertz CT molecular complexity index is 184. The molecule has 0 N–H and O–H groups in total. The van der Waals surface area contributed by atoms with Crippen molar-refractivity contribution in [1.82, 2.24) is 0 Å². The van der Waals surface area contributed by atoms with E-state index in [1.807, 2.05) is 0 Å². The SMILES string of the molecule is CCCCCCC[N+](CCC)(CCC)CCCCCCC.[Br-]. The fraction of sp³-hybridized carbons (Fsp3) is 1.00. The number of halogens is 1. The number of hydrogen-bond acceptors (Lipinski definition) is 0. The Morgan fingerprint density at radius 3 is 1.09 bits per heavy atom. The van der Waals surface area contributed by atoms with Gasteiger partial charge in [0.2, 0.25) is 0 Å². The van der Waals surface area contributed by atoms with E-state index in [2.05, 4.69) is 27.7 Å². The van der Waals surface area contributed by atoms with E-state index < -0.39 is 0 Å². The van der Waals surface area contributed by atoms with Crippen LogP contribution in [-0.2, 0) is 0 Å². The first-order valence-corrected chi connectivity index (χ1v) is 10.1. The Morgan fingerprint density at radius 2 is 0.773 bits per heavy atom. The third kappa shape index (κ3) is 12.9. The molecule has 0 heterocycles. The van der Waals surface area contributed by atoms with Crippen LogP contribution in [0.15, 0.2) is 0 Å². The fourth-order valence-electron chi connectivity index (χ4n) is 3.72. The highest BCUT2D eigenvalue weighted by atomic mass is 79.9. The van der Waals surface area contributed by atoms with Crippen LogP contribution in [0.5, 0.6) is 0 Å². The molecule has 0 fully saturated rings. The molecule has 0 spiro atoms. The maximum absolute atomic E-state index is 2.37. The van der Waals surface area contributed by atoms with Gasteiger partial charge in [-0.25, -0.2) is 0 Å². The average Bonchev–Trinajstić information content (AvgIpc) is 2.47. The molecular formula is C20H44BrN. The van der Waals surface area contributed by atoms with Crippen molar-refractivity contribution in [3.63, 3.8) is 0 Å². The summed E-state index contributed by atoms with van der Waals surface area (Å²) in [5.74, 6) is 0. The summed E-state index contributed by atoms with van der Waals surface area (Å²) >= 11 is 0. The molecule has 1 nitrogen and oxygen atoms in total. The van der Waals surface area contributed by atoms with Crippen LogP contribution in [0.2, 0.25) is 0 Å². The maximum Gasteiger partial charge on any atom is 0.0786 e. The zero-order valence-corrected chi connectivity index (χ0v) is 17.7. The molecular weight excluding hydrogens is 334 g/mol. The smallest absolute Gasteiger partial charge is 0.0786 e. The van der Waals surface area contributed by atoms with Gasteiger partial charge in [-0.05, 0) is 38.5 Å². The molecule has 0 radical (unpaired) electrons. The van der Waals surface area contributed by atoms with Gasteiger partial charge in [0, 0.05) is 0 Å². The molecule has 22 heavy (non-hydrogen) atoms. The first-order valence-electron chi connectivity index (χ1n) is 10.1. The zero-order chi connectivity index (χ0) is 15.8. The summed E-state index contributed by atoms with van der Waals surface area (Å²) in [6, 6.07) is 0. The summed E-state index contributed by atoms with van der Waals surface area (Å²) in [6.45, 7) is 15.1. The van der Waals surface area contributed by atoms with Crippen LogP contribution in [0.3, 0.4) is 0 Å². The molecule has 0 aromatic rings. The van der Waals surface area contributed by atoms with Crippen LogP contribution in [0.1, 0.15) is 105 Å². The first-order chi connectivity index (χ1) is 10.2. The van der Waals surface area contributed by atoms with Crippen LogP contribution in [-0.4, -0.2) is 30.7 Å². The van der Waals surface area contributed by atoms with Crippen molar-refractivity contribution in [2.75, 3.05) is 26.2 Å². The number of rotatable bonds is 16. The molecule has 2 heteroatoms. The molecule has 0 atom stereocenters. The third-order valence-electron chi connectivity index (χ3n) is 4.87. The van der Waals surface area contributed by atoms with Crippen molar-refractivity contribution in [3.05, 3.63) is 0 Å². The Kier molecular flexibility index (Phi) is 20.0. The molecule has 0 bridgehead atoms. The topological polar surface area (TPSA) is 0 Å². The van der Waals surface area contributed by atoms with Gasteiger partial charge in [-0.2, -0.15) is 0 Å². The first kappa shape index (κ1) is 24.7. The molecule has 0 amide bonds. The van der Waals surface area contributed by atoms with Crippen LogP contribution in [0.25, 0.3) is 0 Å². The third-order valence-corrected chi connectivity index (χ3v) is 4.87. The molecule has 0 aliphatic rings. The molecule has 0 unspecified atom stereocenters. The predicted octanol–water partition coefficient (Wildman–Crippen LogP) is 3.57. The van der Waals surface area contributed by atoms with Gasteiger partial charge in [-0.1, -0.05) is 66.2 Å². The van der Waals surface area contributed by atoms with Crippen molar-refractivity contribution in [2.45, 2.75) is 105 Å². The van der Waals surface area contributed by atoms with Crippen LogP contribution in [0.4, 0.5) is 0 Å². The van der Waals surface area contributed by atoms with Gasteiger partial charge < -0.3 is 21.5 Å². The van der Waals surface area contributed by atoms with Gasteiger partial charge in [-0.3, -0.25) is 0 Å². The van der Waals surface area contributed by atoms with E-state index in [9.17, 15) is 0 Å².